The van der Waals surface area contributed by atoms with Gasteiger partial charge >= 0.3 is 6.03 Å². The van der Waals surface area contributed by atoms with Crippen LogP contribution in [0.1, 0.15) is 23.1 Å². The Morgan fingerprint density at radius 2 is 2.08 bits per heavy atom. The summed E-state index contributed by atoms with van der Waals surface area (Å²) in [5.41, 5.74) is 2.45. The van der Waals surface area contributed by atoms with E-state index in [9.17, 15) is 9.59 Å². The molecule has 9 nitrogen and oxygen atoms in total. The third-order valence-electron chi connectivity index (χ3n) is 5.21. The standard InChI is InChI=1S/C17H22N6O3/c1-11-15(12(2)26-19-11)6-16(24)21-8-14(9-21)23-10-13(7-18-23)22-5-4-20(3)17(22)25/h7,10,14H,4-6,8-9H2,1-3H3. The average Bonchev–Trinajstić information content (AvgIpc) is 3.24. The zero-order chi connectivity index (χ0) is 18.4. The summed E-state index contributed by atoms with van der Waals surface area (Å²) in [5.74, 6) is 0.768. The van der Waals surface area contributed by atoms with Crippen LogP contribution in [0.3, 0.4) is 0 Å². The number of likely N-dealkylation sites (tertiary alicyclic amines) is 1. The zero-order valence-electron chi connectivity index (χ0n) is 15.2. The molecule has 0 bridgehead atoms. The van der Waals surface area contributed by atoms with Gasteiger partial charge in [-0.15, -0.1) is 0 Å². The Bertz CT molecular complexity index is 831. The van der Waals surface area contributed by atoms with Gasteiger partial charge in [0.1, 0.15) is 5.76 Å². The summed E-state index contributed by atoms with van der Waals surface area (Å²) in [4.78, 5) is 29.7. The first kappa shape index (κ1) is 16.6. The molecule has 0 radical (unpaired) electrons. The summed E-state index contributed by atoms with van der Waals surface area (Å²) in [5, 5.41) is 8.27. The molecule has 0 aromatic carbocycles. The Labute approximate surface area is 151 Å². The number of nitrogens with zero attached hydrogens (tertiary/aromatic N) is 6. The Balaban J connectivity index is 1.35. The first-order valence-electron chi connectivity index (χ1n) is 8.70. The van der Waals surface area contributed by atoms with E-state index in [0.717, 1.165) is 23.5 Å². The maximum atomic E-state index is 12.4. The summed E-state index contributed by atoms with van der Waals surface area (Å²) in [6, 6.07) is 0.141. The van der Waals surface area contributed by atoms with Crippen LogP contribution in [-0.4, -0.2) is 69.9 Å². The molecule has 2 aliphatic rings. The molecule has 26 heavy (non-hydrogen) atoms. The number of hydrogen-bond donors (Lipinski definition) is 0. The maximum absolute atomic E-state index is 12.4. The van der Waals surface area contributed by atoms with Gasteiger partial charge in [-0.2, -0.15) is 5.10 Å². The highest BCUT2D eigenvalue weighted by atomic mass is 16.5. The van der Waals surface area contributed by atoms with Crippen molar-refractivity contribution < 1.29 is 14.1 Å². The molecule has 2 aliphatic heterocycles. The first-order valence-corrected chi connectivity index (χ1v) is 8.70. The van der Waals surface area contributed by atoms with Gasteiger partial charge in [0.2, 0.25) is 5.91 Å². The number of carbonyl (C=O) groups is 2. The third kappa shape index (κ3) is 2.73. The van der Waals surface area contributed by atoms with Crippen LogP contribution >= 0.6 is 0 Å². The van der Waals surface area contributed by atoms with Crippen LogP contribution in [0.4, 0.5) is 10.5 Å². The van der Waals surface area contributed by atoms with E-state index in [2.05, 4.69) is 10.3 Å². The number of urea groups is 1. The van der Waals surface area contributed by atoms with Gasteiger partial charge < -0.3 is 14.3 Å². The number of likely N-dealkylation sites (N-methyl/N-ethyl adjacent to an activating group) is 1. The lowest BCUT2D eigenvalue weighted by atomic mass is 10.1. The largest absolute Gasteiger partial charge is 0.361 e. The Kier molecular flexibility index (Phi) is 3.93. The molecule has 2 saturated heterocycles. The SMILES string of the molecule is Cc1noc(C)c1CC(=O)N1CC(n2cc(N3CCN(C)C3=O)cn2)C1. The minimum absolute atomic E-state index is 0.00516. The molecule has 138 valence electrons. The molecule has 0 saturated carbocycles. The van der Waals surface area contributed by atoms with E-state index in [-0.39, 0.29) is 18.0 Å². The van der Waals surface area contributed by atoms with Crippen molar-refractivity contribution in [3.63, 3.8) is 0 Å². The number of hydrogen-bond acceptors (Lipinski definition) is 5. The lowest BCUT2D eigenvalue weighted by Gasteiger charge is -2.39. The van der Waals surface area contributed by atoms with Gasteiger partial charge in [0.15, 0.2) is 0 Å². The number of aryl methyl sites for hydroxylation is 2. The summed E-state index contributed by atoms with van der Waals surface area (Å²) in [6.07, 6.45) is 3.91. The average molecular weight is 358 g/mol. The fourth-order valence-corrected chi connectivity index (χ4v) is 3.40. The fourth-order valence-electron chi connectivity index (χ4n) is 3.40. The third-order valence-corrected chi connectivity index (χ3v) is 5.21. The predicted molar refractivity (Wildman–Crippen MR) is 92.9 cm³/mol. The molecule has 2 fully saturated rings. The second-order valence-electron chi connectivity index (χ2n) is 6.97. The molecule has 0 atom stereocenters. The van der Waals surface area contributed by atoms with Gasteiger partial charge in [0, 0.05) is 45.0 Å². The molecule has 0 N–H and O–H groups in total. The molecule has 4 heterocycles. The highest BCUT2D eigenvalue weighted by Gasteiger charge is 2.34. The van der Waals surface area contributed by atoms with E-state index in [4.69, 9.17) is 4.52 Å². The summed E-state index contributed by atoms with van der Waals surface area (Å²) >= 11 is 0. The molecule has 0 aliphatic carbocycles. The molecule has 9 heteroatoms. The van der Waals surface area contributed by atoms with E-state index >= 15 is 0 Å². The topological polar surface area (TPSA) is 87.7 Å². The monoisotopic (exact) mass is 358 g/mol. The molecule has 0 spiro atoms. The van der Waals surface area contributed by atoms with Crippen LogP contribution in [-0.2, 0) is 11.2 Å². The lowest BCUT2D eigenvalue weighted by Crippen LogP contribution is -2.51. The van der Waals surface area contributed by atoms with Crippen LogP contribution in [0.15, 0.2) is 16.9 Å². The smallest absolute Gasteiger partial charge is 0.324 e. The Hall–Kier alpha value is -2.84. The number of aromatic nitrogens is 3. The van der Waals surface area contributed by atoms with E-state index in [0.29, 0.717) is 31.8 Å². The molecule has 3 amide bonds. The molecular weight excluding hydrogens is 336 g/mol. The van der Waals surface area contributed by atoms with Gasteiger partial charge in [0.05, 0.1) is 30.0 Å². The van der Waals surface area contributed by atoms with Crippen molar-refractivity contribution in [2.75, 3.05) is 38.1 Å². The Morgan fingerprint density at radius 3 is 2.69 bits per heavy atom. The van der Waals surface area contributed by atoms with Gasteiger partial charge in [-0.25, -0.2) is 4.79 Å². The summed E-state index contributed by atoms with van der Waals surface area (Å²) in [6.45, 7) is 6.31. The molecular formula is C17H22N6O3. The molecule has 4 rings (SSSR count). The van der Waals surface area contributed by atoms with Crippen molar-refractivity contribution in [1.29, 1.82) is 0 Å². The highest BCUT2D eigenvalue weighted by Crippen LogP contribution is 2.26. The van der Waals surface area contributed by atoms with Crippen molar-refractivity contribution >= 4 is 17.6 Å². The quantitative estimate of drug-likeness (QED) is 0.813. The van der Waals surface area contributed by atoms with Crippen molar-refractivity contribution in [2.24, 2.45) is 0 Å². The Morgan fingerprint density at radius 1 is 1.31 bits per heavy atom. The maximum Gasteiger partial charge on any atom is 0.324 e. The van der Waals surface area contributed by atoms with E-state index in [1.165, 1.54) is 0 Å². The van der Waals surface area contributed by atoms with Crippen LogP contribution in [0.2, 0.25) is 0 Å². The van der Waals surface area contributed by atoms with Gasteiger partial charge in [-0.05, 0) is 13.8 Å². The van der Waals surface area contributed by atoms with Crippen LogP contribution in [0.5, 0.6) is 0 Å². The summed E-state index contributed by atoms with van der Waals surface area (Å²) in [7, 11) is 1.79. The second kappa shape index (κ2) is 6.15. The van der Waals surface area contributed by atoms with Crippen LogP contribution < -0.4 is 4.90 Å². The number of carbonyl (C=O) groups excluding carboxylic acids is 2. The second-order valence-corrected chi connectivity index (χ2v) is 6.97. The minimum Gasteiger partial charge on any atom is -0.361 e. The first-order chi connectivity index (χ1) is 12.4. The molecule has 2 aromatic heterocycles. The van der Waals surface area contributed by atoms with E-state index < -0.39 is 0 Å². The predicted octanol–water partition coefficient (Wildman–Crippen LogP) is 0.986. The van der Waals surface area contributed by atoms with Crippen molar-refractivity contribution in [1.82, 2.24) is 24.7 Å². The fraction of sp³-hybridized carbons (Fsp3) is 0.529. The summed E-state index contributed by atoms with van der Waals surface area (Å²) < 4.78 is 6.96. The van der Waals surface area contributed by atoms with Gasteiger partial charge in [0.25, 0.3) is 0 Å². The van der Waals surface area contributed by atoms with Crippen molar-refractivity contribution in [3.05, 3.63) is 29.4 Å². The minimum atomic E-state index is -0.00516. The molecule has 0 unspecified atom stereocenters. The highest BCUT2D eigenvalue weighted by molar-refractivity contribution is 5.93. The normalized spacial score (nSPS) is 18.0. The number of anilines is 1. The van der Waals surface area contributed by atoms with E-state index in [1.807, 2.05) is 29.6 Å². The van der Waals surface area contributed by atoms with Crippen LogP contribution in [0.25, 0.3) is 0 Å². The van der Waals surface area contributed by atoms with Crippen molar-refractivity contribution in [2.45, 2.75) is 26.3 Å². The molecule has 2 aromatic rings. The number of amides is 3. The zero-order valence-corrected chi connectivity index (χ0v) is 15.2. The van der Waals surface area contributed by atoms with Gasteiger partial charge in [-0.3, -0.25) is 14.4 Å². The van der Waals surface area contributed by atoms with Crippen molar-refractivity contribution in [3.8, 4) is 0 Å². The van der Waals surface area contributed by atoms with Crippen LogP contribution in [0, 0.1) is 13.8 Å². The lowest BCUT2D eigenvalue weighted by molar-refractivity contribution is -0.136. The van der Waals surface area contributed by atoms with Gasteiger partial charge in [-0.1, -0.05) is 5.16 Å². The number of rotatable bonds is 4. The van der Waals surface area contributed by atoms with E-state index in [1.54, 1.807) is 23.0 Å².